The number of benzene rings is 1. The Hall–Kier alpha value is 0.280. The molecule has 0 spiro atoms. The lowest BCUT2D eigenvalue weighted by atomic mass is 10.0. The van der Waals surface area contributed by atoms with Crippen LogP contribution in [0.25, 0.3) is 0 Å². The fraction of sp³-hybridized carbons (Fsp3) is 0.500. The predicted octanol–water partition coefficient (Wildman–Crippen LogP) is 5.33. The van der Waals surface area contributed by atoms with Crippen LogP contribution in [0.5, 0.6) is 0 Å². The lowest BCUT2D eigenvalue weighted by Gasteiger charge is -2.25. The standard InChI is InChI=1S/C16H18Br4O3/c1-2-23-12(22)9-8-11(21)14(18)16(20)15(19)13(17)10-6-4-3-5-7-10/h3-7,13-16H,2,8-9H2,1H3/t13-,14+,15+,16+/m1/s1. The van der Waals surface area contributed by atoms with Gasteiger partial charge in [0, 0.05) is 16.1 Å². The Kier molecular flexibility index (Phi) is 10.2. The number of esters is 1. The number of hydrogen-bond donors (Lipinski definition) is 0. The summed E-state index contributed by atoms with van der Waals surface area (Å²) in [6.45, 7) is 2.08. The predicted molar refractivity (Wildman–Crippen MR) is 107 cm³/mol. The second-order valence-corrected chi connectivity index (χ2v) is 8.96. The van der Waals surface area contributed by atoms with E-state index in [1.165, 1.54) is 0 Å². The maximum Gasteiger partial charge on any atom is 0.306 e. The SMILES string of the molecule is CCOC(=O)CCC(=O)[C@H](Br)[C@H](Br)[C@@H](Br)[C@H](Br)c1ccccc1. The van der Waals surface area contributed by atoms with Gasteiger partial charge >= 0.3 is 5.97 Å². The molecular formula is C16H18Br4O3. The molecule has 0 aromatic heterocycles. The van der Waals surface area contributed by atoms with Crippen molar-refractivity contribution in [2.75, 3.05) is 6.61 Å². The molecule has 0 unspecified atom stereocenters. The van der Waals surface area contributed by atoms with Gasteiger partial charge in [-0.3, -0.25) is 9.59 Å². The van der Waals surface area contributed by atoms with Crippen LogP contribution >= 0.6 is 63.7 Å². The molecule has 0 saturated heterocycles. The van der Waals surface area contributed by atoms with E-state index in [9.17, 15) is 9.59 Å². The molecule has 0 heterocycles. The van der Waals surface area contributed by atoms with E-state index in [1.54, 1.807) is 6.92 Å². The minimum Gasteiger partial charge on any atom is -0.466 e. The van der Waals surface area contributed by atoms with Gasteiger partial charge in [0.05, 0.1) is 22.7 Å². The van der Waals surface area contributed by atoms with E-state index in [4.69, 9.17) is 4.74 Å². The van der Waals surface area contributed by atoms with Gasteiger partial charge in [-0.05, 0) is 12.5 Å². The first kappa shape index (κ1) is 21.3. The van der Waals surface area contributed by atoms with Crippen molar-refractivity contribution >= 4 is 75.5 Å². The first-order valence-electron chi connectivity index (χ1n) is 7.18. The molecule has 0 bridgehead atoms. The van der Waals surface area contributed by atoms with Crippen LogP contribution in [0.1, 0.15) is 30.2 Å². The number of ketones is 1. The third kappa shape index (κ3) is 6.96. The maximum absolute atomic E-state index is 12.2. The molecule has 0 aliphatic carbocycles. The van der Waals surface area contributed by atoms with Gasteiger partial charge in [-0.25, -0.2) is 0 Å². The van der Waals surface area contributed by atoms with Gasteiger partial charge in [0.15, 0.2) is 0 Å². The van der Waals surface area contributed by atoms with E-state index < -0.39 is 4.83 Å². The van der Waals surface area contributed by atoms with Gasteiger partial charge in [0.2, 0.25) is 0 Å². The van der Waals surface area contributed by atoms with E-state index in [1.807, 2.05) is 30.3 Å². The number of rotatable bonds is 9. The molecular weight excluding hydrogens is 560 g/mol. The molecule has 0 fully saturated rings. The number of Topliss-reactive ketones (excluding diaryl/α,β-unsaturated/α-hetero) is 1. The zero-order valence-electron chi connectivity index (χ0n) is 12.6. The van der Waals surface area contributed by atoms with E-state index in [2.05, 4.69) is 63.7 Å². The minimum absolute atomic E-state index is 0.0131. The van der Waals surface area contributed by atoms with Gasteiger partial charge in [0.25, 0.3) is 0 Å². The van der Waals surface area contributed by atoms with Crippen LogP contribution in [0.3, 0.4) is 0 Å². The Morgan fingerprint density at radius 3 is 2.17 bits per heavy atom. The van der Waals surface area contributed by atoms with Crippen LogP contribution in [0, 0.1) is 0 Å². The Balaban J connectivity index is 2.59. The Labute approximate surface area is 170 Å². The highest BCUT2D eigenvalue weighted by atomic mass is 79.9. The van der Waals surface area contributed by atoms with Crippen molar-refractivity contribution in [3.05, 3.63) is 35.9 Å². The van der Waals surface area contributed by atoms with Crippen LogP contribution in [-0.4, -0.2) is 32.8 Å². The van der Waals surface area contributed by atoms with Crippen LogP contribution < -0.4 is 0 Å². The van der Waals surface area contributed by atoms with Crippen molar-refractivity contribution in [2.24, 2.45) is 0 Å². The Bertz CT molecular complexity index is 509. The molecule has 0 aliphatic heterocycles. The van der Waals surface area contributed by atoms with Crippen LogP contribution in [0.15, 0.2) is 30.3 Å². The van der Waals surface area contributed by atoms with Crippen molar-refractivity contribution in [3.8, 4) is 0 Å². The lowest BCUT2D eigenvalue weighted by molar-refractivity contribution is -0.144. The molecule has 1 aromatic rings. The molecule has 0 amide bonds. The van der Waals surface area contributed by atoms with Gasteiger partial charge in [-0.1, -0.05) is 94.1 Å². The van der Waals surface area contributed by atoms with Crippen LogP contribution in [0.4, 0.5) is 0 Å². The summed E-state index contributed by atoms with van der Waals surface area (Å²) in [6.07, 6.45) is 0.271. The summed E-state index contributed by atoms with van der Waals surface area (Å²) in [5.74, 6) is -0.373. The summed E-state index contributed by atoms with van der Waals surface area (Å²) in [4.78, 5) is 23.1. The highest BCUT2D eigenvalue weighted by Crippen LogP contribution is 2.38. The van der Waals surface area contributed by atoms with Gasteiger partial charge in [-0.2, -0.15) is 0 Å². The number of halogens is 4. The molecule has 3 nitrogen and oxygen atoms in total. The van der Waals surface area contributed by atoms with E-state index in [0.717, 1.165) is 5.56 Å². The summed E-state index contributed by atoms with van der Waals surface area (Å²) in [7, 11) is 0. The number of alkyl halides is 4. The quantitative estimate of drug-likeness (QED) is 0.295. The number of carbonyl (C=O) groups excluding carboxylic acids is 2. The summed E-state index contributed by atoms with van der Waals surface area (Å²) >= 11 is 14.3. The molecule has 0 radical (unpaired) electrons. The molecule has 4 atom stereocenters. The third-order valence-corrected chi connectivity index (χ3v) is 9.67. The number of ether oxygens (including phenoxy) is 1. The lowest BCUT2D eigenvalue weighted by Crippen LogP contribution is -2.33. The zero-order chi connectivity index (χ0) is 17.4. The number of carbonyl (C=O) groups is 2. The molecule has 128 valence electrons. The highest BCUT2D eigenvalue weighted by molar-refractivity contribution is 9.14. The van der Waals surface area contributed by atoms with Crippen molar-refractivity contribution in [2.45, 2.75) is 39.1 Å². The van der Waals surface area contributed by atoms with Crippen molar-refractivity contribution in [1.82, 2.24) is 0 Å². The second-order valence-electron chi connectivity index (χ2n) is 4.87. The third-order valence-electron chi connectivity index (χ3n) is 3.17. The summed E-state index contributed by atoms with van der Waals surface area (Å²) in [6, 6.07) is 9.97. The molecule has 1 aromatic carbocycles. The Morgan fingerprint density at radius 1 is 1.00 bits per heavy atom. The van der Waals surface area contributed by atoms with E-state index in [0.29, 0.717) is 6.61 Å². The molecule has 0 saturated carbocycles. The maximum atomic E-state index is 12.2. The van der Waals surface area contributed by atoms with E-state index in [-0.39, 0.29) is 39.1 Å². The Morgan fingerprint density at radius 2 is 1.61 bits per heavy atom. The van der Waals surface area contributed by atoms with Gasteiger partial charge in [0.1, 0.15) is 5.78 Å². The topological polar surface area (TPSA) is 43.4 Å². The average Bonchev–Trinajstić information content (AvgIpc) is 2.58. The summed E-state index contributed by atoms with van der Waals surface area (Å²) in [5, 5.41) is 0. The second kappa shape index (κ2) is 11.0. The largest absolute Gasteiger partial charge is 0.466 e. The fourth-order valence-electron chi connectivity index (χ4n) is 1.92. The zero-order valence-corrected chi connectivity index (χ0v) is 18.9. The monoisotopic (exact) mass is 574 g/mol. The highest BCUT2D eigenvalue weighted by Gasteiger charge is 2.33. The molecule has 7 heteroatoms. The van der Waals surface area contributed by atoms with Crippen molar-refractivity contribution in [3.63, 3.8) is 0 Å². The van der Waals surface area contributed by atoms with Crippen molar-refractivity contribution < 1.29 is 14.3 Å². The summed E-state index contributed by atoms with van der Waals surface area (Å²) < 4.78 is 4.84. The smallest absolute Gasteiger partial charge is 0.306 e. The van der Waals surface area contributed by atoms with Crippen molar-refractivity contribution in [1.29, 1.82) is 0 Å². The van der Waals surface area contributed by atoms with E-state index >= 15 is 0 Å². The fourth-order valence-corrected chi connectivity index (χ4v) is 5.14. The first-order chi connectivity index (χ1) is 10.9. The molecule has 23 heavy (non-hydrogen) atoms. The van der Waals surface area contributed by atoms with Gasteiger partial charge < -0.3 is 4.74 Å². The number of hydrogen-bond acceptors (Lipinski definition) is 3. The van der Waals surface area contributed by atoms with Gasteiger partial charge in [-0.15, -0.1) is 0 Å². The van der Waals surface area contributed by atoms with Crippen LogP contribution in [0.2, 0.25) is 0 Å². The summed E-state index contributed by atoms with van der Waals surface area (Å²) in [5.41, 5.74) is 1.12. The minimum atomic E-state index is -0.398. The van der Waals surface area contributed by atoms with Crippen LogP contribution in [-0.2, 0) is 14.3 Å². The first-order valence-corrected chi connectivity index (χ1v) is 10.8. The molecule has 1 rings (SSSR count). The normalized spacial score (nSPS) is 16.2. The molecule has 0 aliphatic rings. The molecule has 0 N–H and O–H groups in total. The average molecular weight is 578 g/mol.